The predicted octanol–water partition coefficient (Wildman–Crippen LogP) is 3.54. The van der Waals surface area contributed by atoms with Crippen LogP contribution in [0.3, 0.4) is 0 Å². The molecule has 4 aromatic rings. The molecule has 0 saturated carbocycles. The van der Waals surface area contributed by atoms with E-state index in [0.717, 1.165) is 10.7 Å². The minimum Gasteiger partial charge on any atom is -0.497 e. The van der Waals surface area contributed by atoms with E-state index in [1.807, 2.05) is 52.9 Å². The van der Waals surface area contributed by atoms with E-state index in [1.165, 1.54) is 0 Å². The molecule has 0 fully saturated rings. The van der Waals surface area contributed by atoms with E-state index < -0.39 is 0 Å². The summed E-state index contributed by atoms with van der Waals surface area (Å²) in [7, 11) is 1.60. The van der Waals surface area contributed by atoms with Gasteiger partial charge in [-0.05, 0) is 24.3 Å². The maximum atomic E-state index is 13.2. The van der Waals surface area contributed by atoms with Gasteiger partial charge in [0.25, 0.3) is 5.56 Å². The third kappa shape index (κ3) is 2.64. The van der Waals surface area contributed by atoms with Gasteiger partial charge in [0.05, 0.1) is 23.7 Å². The van der Waals surface area contributed by atoms with Crippen molar-refractivity contribution in [3.05, 3.63) is 58.9 Å². The topological polar surface area (TPSA) is 61.4 Å². The van der Waals surface area contributed by atoms with Crippen LogP contribution in [0.1, 0.15) is 13.8 Å². The van der Waals surface area contributed by atoms with Gasteiger partial charge in [-0.15, -0.1) is 10.2 Å². The third-order valence-corrected chi connectivity index (χ3v) is 4.99. The summed E-state index contributed by atoms with van der Waals surface area (Å²) in [6, 6.07) is 14.9. The fourth-order valence-electron chi connectivity index (χ4n) is 2.95. The zero-order chi connectivity index (χ0) is 18.3. The number of thioether (sulfide) groups is 1. The van der Waals surface area contributed by atoms with E-state index in [9.17, 15) is 4.79 Å². The highest BCUT2D eigenvalue weighted by Crippen LogP contribution is 2.26. The van der Waals surface area contributed by atoms with Crippen LogP contribution < -0.4 is 10.3 Å². The van der Waals surface area contributed by atoms with Crippen LogP contribution in [0.25, 0.3) is 22.4 Å². The molecule has 0 aliphatic carbocycles. The molecule has 0 amide bonds. The molecule has 0 aliphatic rings. The van der Waals surface area contributed by atoms with E-state index in [4.69, 9.17) is 4.74 Å². The van der Waals surface area contributed by atoms with Crippen molar-refractivity contribution < 1.29 is 4.74 Å². The smallest absolute Gasteiger partial charge is 0.267 e. The highest BCUT2D eigenvalue weighted by Gasteiger charge is 2.18. The Morgan fingerprint density at radius 2 is 1.88 bits per heavy atom. The van der Waals surface area contributed by atoms with E-state index in [0.29, 0.717) is 27.9 Å². The Morgan fingerprint density at radius 3 is 2.65 bits per heavy atom. The third-order valence-electron chi connectivity index (χ3n) is 4.05. The van der Waals surface area contributed by atoms with Crippen molar-refractivity contribution in [1.29, 1.82) is 0 Å². The number of hydrogen-bond acceptors (Lipinski definition) is 5. The largest absolute Gasteiger partial charge is 0.497 e. The lowest BCUT2D eigenvalue weighted by atomic mass is 10.2. The quantitative estimate of drug-likeness (QED) is 0.517. The summed E-state index contributed by atoms with van der Waals surface area (Å²) < 4.78 is 8.84. The van der Waals surface area contributed by atoms with Crippen molar-refractivity contribution >= 4 is 28.4 Å². The van der Waals surface area contributed by atoms with E-state index in [2.05, 4.69) is 24.0 Å². The van der Waals surface area contributed by atoms with Crippen molar-refractivity contribution in [2.45, 2.75) is 24.3 Å². The van der Waals surface area contributed by atoms with Crippen molar-refractivity contribution in [3.8, 4) is 11.4 Å². The maximum Gasteiger partial charge on any atom is 0.267 e. The summed E-state index contributed by atoms with van der Waals surface area (Å²) in [5, 5.41) is 10.4. The second kappa shape index (κ2) is 6.49. The summed E-state index contributed by atoms with van der Waals surface area (Å²) in [5.41, 5.74) is 1.37. The van der Waals surface area contributed by atoms with Crippen molar-refractivity contribution in [2.24, 2.45) is 0 Å². The number of aromatic nitrogens is 4. The fraction of sp³-hybridized carbons (Fsp3) is 0.211. The lowest BCUT2D eigenvalue weighted by Gasteiger charge is -2.12. The highest BCUT2D eigenvalue weighted by atomic mass is 32.2. The van der Waals surface area contributed by atoms with Crippen LogP contribution in [-0.2, 0) is 0 Å². The number of hydrogen-bond donors (Lipinski definition) is 0. The molecule has 7 heteroatoms. The molecule has 0 radical (unpaired) electrons. The Bertz CT molecular complexity index is 1160. The SMILES string of the molecule is COc1cccc(-n2c(=O)c3ccccc3n3c(SC(C)C)nnc23)c1. The second-order valence-corrected chi connectivity index (χ2v) is 7.69. The van der Waals surface area contributed by atoms with E-state index in [-0.39, 0.29) is 5.56 Å². The van der Waals surface area contributed by atoms with Gasteiger partial charge in [-0.2, -0.15) is 0 Å². The summed E-state index contributed by atoms with van der Waals surface area (Å²) in [6.45, 7) is 4.21. The molecule has 132 valence electrons. The first-order chi connectivity index (χ1) is 12.6. The Labute approximate surface area is 154 Å². The molecule has 0 unspecified atom stereocenters. The normalized spacial score (nSPS) is 11.5. The Kier molecular flexibility index (Phi) is 4.16. The minimum absolute atomic E-state index is 0.130. The lowest BCUT2D eigenvalue weighted by molar-refractivity contribution is 0.414. The summed E-state index contributed by atoms with van der Waals surface area (Å²) >= 11 is 1.62. The van der Waals surface area contributed by atoms with Gasteiger partial charge < -0.3 is 4.74 Å². The van der Waals surface area contributed by atoms with Gasteiger partial charge in [0.15, 0.2) is 5.16 Å². The predicted molar refractivity (Wildman–Crippen MR) is 104 cm³/mol. The molecule has 2 aromatic heterocycles. The Balaban J connectivity index is 2.13. The second-order valence-electron chi connectivity index (χ2n) is 6.14. The monoisotopic (exact) mass is 366 g/mol. The zero-order valence-electron chi connectivity index (χ0n) is 14.7. The molecule has 26 heavy (non-hydrogen) atoms. The molecule has 2 aromatic carbocycles. The summed E-state index contributed by atoms with van der Waals surface area (Å²) in [5.74, 6) is 1.17. The Morgan fingerprint density at radius 1 is 1.08 bits per heavy atom. The summed E-state index contributed by atoms with van der Waals surface area (Å²) in [4.78, 5) is 13.2. The van der Waals surface area contributed by atoms with Crippen LogP contribution in [-0.4, -0.2) is 31.5 Å². The van der Waals surface area contributed by atoms with Crippen LogP contribution >= 0.6 is 11.8 Å². The standard InChI is InChI=1S/C19H18N4O2S/c1-12(2)26-19-21-20-18-22(13-7-6-8-14(11-13)25-3)17(24)15-9-4-5-10-16(15)23(18)19/h4-12H,1-3H3. The molecule has 2 heterocycles. The minimum atomic E-state index is -0.130. The van der Waals surface area contributed by atoms with Crippen molar-refractivity contribution in [2.75, 3.05) is 7.11 Å². The van der Waals surface area contributed by atoms with Crippen LogP contribution in [0.4, 0.5) is 0 Å². The van der Waals surface area contributed by atoms with Crippen LogP contribution in [0, 0.1) is 0 Å². The molecular weight excluding hydrogens is 348 g/mol. The fourth-order valence-corrected chi connectivity index (χ4v) is 3.74. The van der Waals surface area contributed by atoms with Crippen molar-refractivity contribution in [1.82, 2.24) is 19.2 Å². The lowest BCUT2D eigenvalue weighted by Crippen LogP contribution is -2.21. The Hall–Kier alpha value is -2.80. The molecule has 4 rings (SSSR count). The molecule has 0 aliphatic heterocycles. The van der Waals surface area contributed by atoms with Gasteiger partial charge in [0, 0.05) is 11.3 Å². The van der Waals surface area contributed by atoms with Crippen LogP contribution in [0.2, 0.25) is 0 Å². The molecule has 0 spiro atoms. The summed E-state index contributed by atoms with van der Waals surface area (Å²) in [6.07, 6.45) is 0. The van der Waals surface area contributed by atoms with Gasteiger partial charge in [-0.25, -0.2) is 4.57 Å². The van der Waals surface area contributed by atoms with E-state index in [1.54, 1.807) is 23.4 Å². The average molecular weight is 366 g/mol. The molecule has 0 atom stereocenters. The van der Waals surface area contributed by atoms with Gasteiger partial charge >= 0.3 is 0 Å². The zero-order valence-corrected chi connectivity index (χ0v) is 15.5. The first-order valence-electron chi connectivity index (χ1n) is 8.30. The number of methoxy groups -OCH3 is 1. The number of fused-ring (bicyclic) bond motifs is 3. The van der Waals surface area contributed by atoms with Gasteiger partial charge in [0.2, 0.25) is 5.78 Å². The number of nitrogens with zero attached hydrogens (tertiary/aromatic N) is 4. The van der Waals surface area contributed by atoms with Crippen molar-refractivity contribution in [3.63, 3.8) is 0 Å². The molecule has 6 nitrogen and oxygen atoms in total. The number of ether oxygens (including phenoxy) is 1. The first-order valence-corrected chi connectivity index (χ1v) is 9.18. The van der Waals surface area contributed by atoms with Crippen LogP contribution in [0.15, 0.2) is 58.5 Å². The number of rotatable bonds is 4. The highest BCUT2D eigenvalue weighted by molar-refractivity contribution is 7.99. The number of para-hydroxylation sites is 1. The molecule has 0 N–H and O–H groups in total. The molecule has 0 saturated heterocycles. The molecule has 0 bridgehead atoms. The van der Waals surface area contributed by atoms with Gasteiger partial charge in [0.1, 0.15) is 5.75 Å². The van der Waals surface area contributed by atoms with E-state index >= 15 is 0 Å². The first kappa shape index (κ1) is 16.7. The maximum absolute atomic E-state index is 13.2. The van der Waals surface area contributed by atoms with Gasteiger partial charge in [-0.3, -0.25) is 9.20 Å². The van der Waals surface area contributed by atoms with Crippen LogP contribution in [0.5, 0.6) is 5.75 Å². The van der Waals surface area contributed by atoms with Gasteiger partial charge in [-0.1, -0.05) is 43.8 Å². The average Bonchev–Trinajstić information content (AvgIpc) is 3.05. The number of benzene rings is 2. The molecular formula is C19H18N4O2S.